The molecule has 2 saturated heterocycles. The van der Waals surface area contributed by atoms with Crippen LogP contribution in [0.2, 0.25) is 0 Å². The Hall–Kier alpha value is -0.870. The Balaban J connectivity index is 1.43. The molecule has 2 aliphatic heterocycles. The zero-order valence-electron chi connectivity index (χ0n) is 14.7. The largest absolute Gasteiger partial charge is 0.481 e. The number of hydrogen-bond donors (Lipinski definition) is 1. The summed E-state index contributed by atoms with van der Waals surface area (Å²) in [5.74, 6) is 2.23. The Morgan fingerprint density at radius 3 is 2.68 bits per heavy atom. The first kappa shape index (κ1) is 18.9. The van der Waals surface area contributed by atoms with Gasteiger partial charge in [-0.15, -0.1) is 11.8 Å². The Morgan fingerprint density at radius 2 is 1.92 bits per heavy atom. The highest BCUT2D eigenvalue weighted by Gasteiger charge is 2.46. The van der Waals surface area contributed by atoms with Crippen molar-refractivity contribution in [2.45, 2.75) is 60.3 Å². The molecule has 2 bridgehead atoms. The van der Waals surface area contributed by atoms with Gasteiger partial charge in [-0.2, -0.15) is 11.8 Å². The highest BCUT2D eigenvalue weighted by atomic mass is 32.2. The third-order valence-electron chi connectivity index (χ3n) is 5.39. The SMILES string of the molecule is O=C(O)CCC/C=C\C[C@@H]1[C@H](CCSc2ccccc2)[C@@H]2CC[C@H]1S2. The second-order valence-corrected chi connectivity index (χ2v) is 9.71. The lowest BCUT2D eigenvalue weighted by Crippen LogP contribution is -2.27. The fraction of sp³-hybridized carbons (Fsp3) is 0.571. The molecule has 0 saturated carbocycles. The summed E-state index contributed by atoms with van der Waals surface area (Å²) in [5, 5.41) is 10.4. The summed E-state index contributed by atoms with van der Waals surface area (Å²) in [6, 6.07) is 10.7. The van der Waals surface area contributed by atoms with E-state index in [0.717, 1.165) is 35.2 Å². The zero-order valence-corrected chi connectivity index (χ0v) is 16.3. The quantitative estimate of drug-likeness (QED) is 0.314. The van der Waals surface area contributed by atoms with Crippen LogP contribution in [0.3, 0.4) is 0 Å². The van der Waals surface area contributed by atoms with Gasteiger partial charge < -0.3 is 5.11 Å². The first-order valence-corrected chi connectivity index (χ1v) is 11.4. The van der Waals surface area contributed by atoms with Crippen molar-refractivity contribution >= 4 is 29.5 Å². The number of unbranched alkanes of at least 4 members (excludes halogenated alkanes) is 1. The summed E-state index contributed by atoms with van der Waals surface area (Å²) >= 11 is 4.24. The molecule has 0 spiro atoms. The Bertz CT molecular complexity index is 573. The van der Waals surface area contributed by atoms with Gasteiger partial charge in [0.1, 0.15) is 0 Å². The number of carbonyl (C=O) groups is 1. The van der Waals surface area contributed by atoms with Crippen molar-refractivity contribution in [1.29, 1.82) is 0 Å². The summed E-state index contributed by atoms with van der Waals surface area (Å²) < 4.78 is 0. The molecule has 0 unspecified atom stereocenters. The van der Waals surface area contributed by atoms with E-state index in [0.29, 0.717) is 0 Å². The number of carboxylic acid groups (broad SMARTS) is 1. The molecule has 0 aromatic heterocycles. The summed E-state index contributed by atoms with van der Waals surface area (Å²) in [6.45, 7) is 0. The van der Waals surface area contributed by atoms with Crippen LogP contribution in [0.5, 0.6) is 0 Å². The number of benzene rings is 1. The van der Waals surface area contributed by atoms with Crippen molar-refractivity contribution in [1.82, 2.24) is 0 Å². The first-order chi connectivity index (χ1) is 12.2. The van der Waals surface area contributed by atoms with Crippen molar-refractivity contribution in [2.75, 3.05) is 5.75 Å². The van der Waals surface area contributed by atoms with E-state index in [2.05, 4.69) is 54.2 Å². The molecule has 1 aromatic carbocycles. The van der Waals surface area contributed by atoms with Crippen molar-refractivity contribution < 1.29 is 9.90 Å². The van der Waals surface area contributed by atoms with Crippen LogP contribution in [0.1, 0.15) is 44.9 Å². The minimum atomic E-state index is -0.686. The maximum Gasteiger partial charge on any atom is 0.303 e. The van der Waals surface area contributed by atoms with Crippen LogP contribution >= 0.6 is 23.5 Å². The Morgan fingerprint density at radius 1 is 1.16 bits per heavy atom. The fourth-order valence-corrected chi connectivity index (χ4v) is 7.19. The van der Waals surface area contributed by atoms with E-state index in [-0.39, 0.29) is 6.42 Å². The van der Waals surface area contributed by atoms with Crippen LogP contribution in [0.15, 0.2) is 47.4 Å². The van der Waals surface area contributed by atoms with Crippen molar-refractivity contribution in [2.24, 2.45) is 11.8 Å². The molecule has 1 aromatic rings. The second-order valence-electron chi connectivity index (χ2n) is 7.06. The number of fused-ring (bicyclic) bond motifs is 2. The fourth-order valence-electron chi connectivity index (χ4n) is 4.17. The van der Waals surface area contributed by atoms with Crippen LogP contribution in [0, 0.1) is 11.8 Å². The van der Waals surface area contributed by atoms with E-state index in [9.17, 15) is 4.79 Å². The predicted molar refractivity (Wildman–Crippen MR) is 108 cm³/mol. The lowest BCUT2D eigenvalue weighted by atomic mass is 9.76. The molecule has 0 aliphatic carbocycles. The smallest absolute Gasteiger partial charge is 0.303 e. The van der Waals surface area contributed by atoms with Gasteiger partial charge in [-0.3, -0.25) is 4.79 Å². The molecule has 2 fully saturated rings. The van der Waals surface area contributed by atoms with Crippen LogP contribution in [-0.2, 0) is 4.79 Å². The number of carboxylic acids is 1. The number of allylic oxidation sites excluding steroid dienone is 2. The van der Waals surface area contributed by atoms with E-state index in [4.69, 9.17) is 5.11 Å². The van der Waals surface area contributed by atoms with E-state index in [1.165, 1.54) is 36.3 Å². The van der Waals surface area contributed by atoms with Gasteiger partial charge in [-0.1, -0.05) is 30.4 Å². The molecule has 4 atom stereocenters. The maximum absolute atomic E-state index is 10.5. The van der Waals surface area contributed by atoms with Crippen LogP contribution < -0.4 is 0 Å². The number of aliphatic carboxylic acids is 1. The Labute approximate surface area is 159 Å². The lowest BCUT2D eigenvalue weighted by Gasteiger charge is -2.29. The highest BCUT2D eigenvalue weighted by Crippen LogP contribution is 2.55. The van der Waals surface area contributed by atoms with Crippen molar-refractivity contribution in [3.63, 3.8) is 0 Å². The average molecular weight is 377 g/mol. The standard InChI is InChI=1S/C21H28O2S2/c22-21(23)11-7-2-1-6-10-17-18(20-13-12-19(17)25-20)14-15-24-16-8-4-3-5-9-16/h1,3-6,8-9,17-20H,2,7,10-15H2,(H,22,23)/b6-1-/t17-,18+,19-,20+/m1/s1. The number of thioether (sulfide) groups is 2. The Kier molecular flexibility index (Phi) is 7.35. The van der Waals surface area contributed by atoms with Gasteiger partial charge >= 0.3 is 5.97 Å². The molecule has 4 heteroatoms. The highest BCUT2D eigenvalue weighted by molar-refractivity contribution is 8.01. The monoisotopic (exact) mass is 376 g/mol. The second kappa shape index (κ2) is 9.72. The van der Waals surface area contributed by atoms with E-state index in [1.54, 1.807) is 0 Å². The van der Waals surface area contributed by atoms with E-state index < -0.39 is 5.97 Å². The third-order valence-corrected chi connectivity index (χ3v) is 8.30. The first-order valence-electron chi connectivity index (χ1n) is 9.44. The molecule has 25 heavy (non-hydrogen) atoms. The summed E-state index contributed by atoms with van der Waals surface area (Å²) in [7, 11) is 0. The molecule has 2 heterocycles. The minimum absolute atomic E-state index is 0.285. The molecule has 0 radical (unpaired) electrons. The molecular formula is C21H28O2S2. The summed E-state index contributed by atoms with van der Waals surface area (Å²) in [5.41, 5.74) is 0. The molecule has 136 valence electrons. The van der Waals surface area contributed by atoms with Gasteiger partial charge in [-0.25, -0.2) is 0 Å². The number of hydrogen-bond acceptors (Lipinski definition) is 3. The van der Waals surface area contributed by atoms with E-state index >= 15 is 0 Å². The number of rotatable bonds is 10. The molecular weight excluding hydrogens is 348 g/mol. The minimum Gasteiger partial charge on any atom is -0.481 e. The molecule has 3 rings (SSSR count). The zero-order chi connectivity index (χ0) is 17.5. The van der Waals surface area contributed by atoms with Crippen LogP contribution in [0.25, 0.3) is 0 Å². The van der Waals surface area contributed by atoms with Gasteiger partial charge in [0.2, 0.25) is 0 Å². The van der Waals surface area contributed by atoms with E-state index in [1.807, 2.05) is 11.8 Å². The molecule has 1 N–H and O–H groups in total. The topological polar surface area (TPSA) is 37.3 Å². The predicted octanol–water partition coefficient (Wildman–Crippen LogP) is 5.88. The molecule has 2 aliphatic rings. The summed E-state index contributed by atoms with van der Waals surface area (Å²) in [6.07, 6.45) is 11.8. The van der Waals surface area contributed by atoms with Gasteiger partial charge in [0.05, 0.1) is 0 Å². The third kappa shape index (κ3) is 5.55. The van der Waals surface area contributed by atoms with Gasteiger partial charge in [0.15, 0.2) is 0 Å². The lowest BCUT2D eigenvalue weighted by molar-refractivity contribution is -0.137. The molecule has 0 amide bonds. The van der Waals surface area contributed by atoms with Crippen LogP contribution in [-0.4, -0.2) is 27.3 Å². The van der Waals surface area contributed by atoms with Gasteiger partial charge in [-0.05, 0) is 68.2 Å². The average Bonchev–Trinajstić information content (AvgIpc) is 3.21. The van der Waals surface area contributed by atoms with Crippen molar-refractivity contribution in [3.05, 3.63) is 42.5 Å². The van der Waals surface area contributed by atoms with Crippen molar-refractivity contribution in [3.8, 4) is 0 Å². The maximum atomic E-state index is 10.5. The molecule has 2 nitrogen and oxygen atoms in total. The van der Waals surface area contributed by atoms with Gasteiger partial charge in [0, 0.05) is 21.8 Å². The van der Waals surface area contributed by atoms with Crippen LogP contribution in [0.4, 0.5) is 0 Å². The van der Waals surface area contributed by atoms with Gasteiger partial charge in [0.25, 0.3) is 0 Å². The normalized spacial score (nSPS) is 28.0. The summed E-state index contributed by atoms with van der Waals surface area (Å²) in [4.78, 5) is 11.9.